The number of hydrogen-bond donors (Lipinski definition) is 2. The molecular formula is C24H34N4O4S. The minimum atomic E-state index is -3.62. The molecule has 3 heterocycles. The Labute approximate surface area is 195 Å². The fourth-order valence-corrected chi connectivity index (χ4v) is 6.78. The number of fused-ring (bicyclic) bond motifs is 1. The van der Waals surface area contributed by atoms with Gasteiger partial charge in [0.15, 0.2) is 0 Å². The zero-order chi connectivity index (χ0) is 23.6. The first-order chi connectivity index (χ1) is 15.7. The summed E-state index contributed by atoms with van der Waals surface area (Å²) in [4.78, 5) is 30.4. The van der Waals surface area contributed by atoms with Crippen molar-refractivity contribution in [3.63, 3.8) is 0 Å². The number of carbonyl (C=O) groups is 1. The lowest BCUT2D eigenvalue weighted by molar-refractivity contribution is 0.0948. The second-order valence-corrected chi connectivity index (χ2v) is 11.6. The van der Waals surface area contributed by atoms with Gasteiger partial charge in [0, 0.05) is 49.7 Å². The van der Waals surface area contributed by atoms with E-state index in [1.54, 1.807) is 6.07 Å². The van der Waals surface area contributed by atoms with E-state index in [-0.39, 0.29) is 21.9 Å². The highest BCUT2D eigenvalue weighted by molar-refractivity contribution is 7.89. The van der Waals surface area contributed by atoms with E-state index < -0.39 is 10.0 Å². The highest BCUT2D eigenvalue weighted by atomic mass is 32.2. The van der Waals surface area contributed by atoms with Crippen LogP contribution >= 0.6 is 0 Å². The summed E-state index contributed by atoms with van der Waals surface area (Å²) in [7, 11) is -3.62. The van der Waals surface area contributed by atoms with Gasteiger partial charge in [0.1, 0.15) is 0 Å². The molecule has 0 spiro atoms. The van der Waals surface area contributed by atoms with E-state index in [0.717, 1.165) is 38.9 Å². The molecule has 2 fully saturated rings. The average molecular weight is 475 g/mol. The SMILES string of the molecule is CC1CC(C)CN(CCCNC(=O)c2cc(=O)[nH]c3ccc(S(=O)(=O)N4CCCC4)cc23)C1. The molecule has 2 aromatic rings. The number of nitrogens with one attached hydrogen (secondary N) is 2. The fraction of sp³-hybridized carbons (Fsp3) is 0.583. The molecule has 0 saturated carbocycles. The van der Waals surface area contributed by atoms with Gasteiger partial charge in [-0.05, 0) is 62.3 Å². The molecule has 0 bridgehead atoms. The predicted octanol–water partition coefficient (Wildman–Crippen LogP) is 2.41. The maximum Gasteiger partial charge on any atom is 0.252 e. The average Bonchev–Trinajstić information content (AvgIpc) is 3.31. The number of piperidine rings is 1. The molecule has 33 heavy (non-hydrogen) atoms. The summed E-state index contributed by atoms with van der Waals surface area (Å²) in [5.41, 5.74) is 0.260. The quantitative estimate of drug-likeness (QED) is 0.600. The Hall–Kier alpha value is -2.23. The molecule has 2 N–H and O–H groups in total. The normalized spacial score (nSPS) is 22.6. The van der Waals surface area contributed by atoms with Crippen LogP contribution in [0.4, 0.5) is 0 Å². The van der Waals surface area contributed by atoms with Crippen LogP contribution in [0, 0.1) is 11.8 Å². The summed E-state index contributed by atoms with van der Waals surface area (Å²) in [6.07, 6.45) is 3.78. The Morgan fingerprint density at radius 2 is 1.82 bits per heavy atom. The van der Waals surface area contributed by atoms with Crippen molar-refractivity contribution >= 4 is 26.8 Å². The van der Waals surface area contributed by atoms with Gasteiger partial charge < -0.3 is 15.2 Å². The van der Waals surface area contributed by atoms with Crippen LogP contribution < -0.4 is 10.9 Å². The second kappa shape index (κ2) is 9.95. The second-order valence-electron chi connectivity index (χ2n) is 9.68. The van der Waals surface area contributed by atoms with Gasteiger partial charge in [-0.3, -0.25) is 9.59 Å². The molecule has 2 atom stereocenters. The smallest absolute Gasteiger partial charge is 0.252 e. The van der Waals surface area contributed by atoms with Gasteiger partial charge in [0.2, 0.25) is 15.6 Å². The van der Waals surface area contributed by atoms with Crippen LogP contribution in [0.15, 0.2) is 34.0 Å². The van der Waals surface area contributed by atoms with Crippen molar-refractivity contribution in [2.75, 3.05) is 39.3 Å². The molecule has 2 saturated heterocycles. The highest BCUT2D eigenvalue weighted by Crippen LogP contribution is 2.25. The van der Waals surface area contributed by atoms with E-state index in [0.29, 0.717) is 42.4 Å². The summed E-state index contributed by atoms with van der Waals surface area (Å²) in [6.45, 7) is 9.17. The number of sulfonamides is 1. The minimum absolute atomic E-state index is 0.145. The number of aromatic nitrogens is 1. The topological polar surface area (TPSA) is 103 Å². The number of pyridine rings is 1. The molecule has 2 aliphatic rings. The number of rotatable bonds is 7. The molecule has 9 heteroatoms. The van der Waals surface area contributed by atoms with Crippen molar-refractivity contribution in [2.45, 2.75) is 44.4 Å². The molecule has 180 valence electrons. The molecule has 1 aromatic heterocycles. The van der Waals surface area contributed by atoms with Gasteiger partial charge in [-0.1, -0.05) is 13.8 Å². The zero-order valence-electron chi connectivity index (χ0n) is 19.5. The van der Waals surface area contributed by atoms with Crippen molar-refractivity contribution in [3.8, 4) is 0 Å². The minimum Gasteiger partial charge on any atom is -0.352 e. The molecule has 8 nitrogen and oxygen atoms in total. The van der Waals surface area contributed by atoms with Crippen molar-refractivity contribution in [1.29, 1.82) is 0 Å². The summed E-state index contributed by atoms with van der Waals surface area (Å²) >= 11 is 0. The summed E-state index contributed by atoms with van der Waals surface area (Å²) < 4.78 is 27.4. The van der Waals surface area contributed by atoms with Gasteiger partial charge in [-0.2, -0.15) is 4.31 Å². The van der Waals surface area contributed by atoms with Gasteiger partial charge >= 0.3 is 0 Å². The van der Waals surface area contributed by atoms with E-state index in [1.165, 1.54) is 28.9 Å². The lowest BCUT2D eigenvalue weighted by Gasteiger charge is -2.34. The van der Waals surface area contributed by atoms with E-state index in [4.69, 9.17) is 0 Å². The highest BCUT2D eigenvalue weighted by Gasteiger charge is 2.28. The molecule has 2 unspecified atom stereocenters. The van der Waals surface area contributed by atoms with E-state index in [2.05, 4.69) is 29.0 Å². The molecule has 4 rings (SSSR count). The number of H-pyrrole nitrogens is 1. The van der Waals surface area contributed by atoms with E-state index in [1.807, 2.05) is 0 Å². The van der Waals surface area contributed by atoms with Crippen LogP contribution in [0.25, 0.3) is 10.9 Å². The monoisotopic (exact) mass is 474 g/mol. The van der Waals surface area contributed by atoms with Crippen LogP contribution in [-0.4, -0.2) is 67.8 Å². The molecule has 0 aliphatic carbocycles. The number of amides is 1. The van der Waals surface area contributed by atoms with Gasteiger partial charge in [0.25, 0.3) is 5.91 Å². The summed E-state index contributed by atoms with van der Waals surface area (Å²) in [5.74, 6) is 1.02. The molecule has 1 aromatic carbocycles. The van der Waals surface area contributed by atoms with Gasteiger partial charge in [0.05, 0.1) is 10.5 Å². The standard InChI is InChI=1S/C24H34N4O4S/c1-17-12-18(2)16-27(15-17)9-5-8-25-24(30)21-14-23(29)26-22-7-6-19(13-20(21)22)33(31,32)28-10-3-4-11-28/h6-7,13-14,17-18H,3-5,8-12,15-16H2,1-2H3,(H,25,30)(H,26,29). The Morgan fingerprint density at radius 3 is 2.52 bits per heavy atom. The molecule has 2 aliphatic heterocycles. The number of likely N-dealkylation sites (tertiary alicyclic amines) is 1. The first-order valence-electron chi connectivity index (χ1n) is 11.9. The van der Waals surface area contributed by atoms with Crippen molar-refractivity contribution in [1.82, 2.24) is 19.5 Å². The van der Waals surface area contributed by atoms with Crippen molar-refractivity contribution < 1.29 is 13.2 Å². The maximum atomic E-state index is 13.0. The number of hydrogen-bond acceptors (Lipinski definition) is 5. The Morgan fingerprint density at radius 1 is 1.12 bits per heavy atom. The van der Waals surface area contributed by atoms with Crippen LogP contribution in [0.5, 0.6) is 0 Å². The Bertz CT molecular complexity index is 1160. The summed E-state index contributed by atoms with van der Waals surface area (Å²) in [5, 5.41) is 3.35. The van der Waals surface area contributed by atoms with Crippen molar-refractivity contribution in [2.24, 2.45) is 11.8 Å². The Balaban J connectivity index is 1.48. The molecular weight excluding hydrogens is 440 g/mol. The number of carbonyl (C=O) groups excluding carboxylic acids is 1. The van der Waals surface area contributed by atoms with Gasteiger partial charge in [-0.15, -0.1) is 0 Å². The molecule has 1 amide bonds. The maximum absolute atomic E-state index is 13.0. The third-order valence-electron chi connectivity index (χ3n) is 6.64. The van der Waals surface area contributed by atoms with Crippen LogP contribution in [0.3, 0.4) is 0 Å². The number of benzene rings is 1. The van der Waals surface area contributed by atoms with Crippen LogP contribution in [-0.2, 0) is 10.0 Å². The zero-order valence-corrected chi connectivity index (χ0v) is 20.3. The predicted molar refractivity (Wildman–Crippen MR) is 129 cm³/mol. The van der Waals surface area contributed by atoms with Crippen molar-refractivity contribution in [3.05, 3.63) is 40.2 Å². The van der Waals surface area contributed by atoms with Crippen LogP contribution in [0.1, 0.15) is 49.9 Å². The van der Waals surface area contributed by atoms with Crippen LogP contribution in [0.2, 0.25) is 0 Å². The molecule has 0 radical (unpaired) electrons. The Kier molecular flexibility index (Phi) is 7.21. The number of nitrogens with zero attached hydrogens (tertiary/aromatic N) is 2. The fourth-order valence-electron chi connectivity index (χ4n) is 5.23. The first kappa shape index (κ1) is 23.9. The lowest BCUT2D eigenvalue weighted by Crippen LogP contribution is -2.40. The first-order valence-corrected chi connectivity index (χ1v) is 13.4. The third-order valence-corrected chi connectivity index (χ3v) is 8.54. The number of aromatic amines is 1. The van der Waals surface area contributed by atoms with E-state index in [9.17, 15) is 18.0 Å². The summed E-state index contributed by atoms with van der Waals surface area (Å²) in [6, 6.07) is 5.81. The third kappa shape index (κ3) is 5.47. The van der Waals surface area contributed by atoms with Gasteiger partial charge in [-0.25, -0.2) is 8.42 Å². The van der Waals surface area contributed by atoms with E-state index >= 15 is 0 Å². The lowest BCUT2D eigenvalue weighted by atomic mass is 9.92. The largest absolute Gasteiger partial charge is 0.352 e.